The smallest absolute Gasteiger partial charge is 0.170 e. The van der Waals surface area contributed by atoms with Crippen LogP contribution in [0.3, 0.4) is 0 Å². The van der Waals surface area contributed by atoms with Crippen LogP contribution in [0, 0.1) is 0 Å². The number of nitrogens with zero attached hydrogens (tertiary/aromatic N) is 5. The Morgan fingerprint density at radius 2 is 2.00 bits per heavy atom. The number of aromatic nitrogens is 4. The Morgan fingerprint density at radius 1 is 1.04 bits per heavy atom. The molecule has 4 aromatic rings. The molecule has 0 unspecified atom stereocenters. The molecule has 8 heteroatoms. The van der Waals surface area contributed by atoms with Crippen LogP contribution in [0.15, 0.2) is 61.2 Å². The summed E-state index contributed by atoms with van der Waals surface area (Å²) < 4.78 is 1.85. The standard InChI is InChI=1S/C20H19N7O/c28-9-8-26-12-19(22-13-26)17-5-6-18-20(23-17)27(25-24-18)11-14-3-4-16-15(10-14)2-1-7-21-16/h1-7,10,12-13,24-25,28H,8-9,11H2. The molecule has 140 valence electrons. The van der Waals surface area contributed by atoms with Gasteiger partial charge in [0.2, 0.25) is 0 Å². The number of nitrogens with one attached hydrogen (secondary N) is 2. The van der Waals surface area contributed by atoms with Crippen molar-refractivity contribution in [3.05, 3.63) is 66.7 Å². The lowest BCUT2D eigenvalue weighted by molar-refractivity contribution is 0.276. The molecule has 0 aliphatic carbocycles. The van der Waals surface area contributed by atoms with E-state index in [0.717, 1.165) is 39.4 Å². The minimum atomic E-state index is 0.0797. The summed E-state index contributed by atoms with van der Waals surface area (Å²) in [5.74, 6) is 0.820. The van der Waals surface area contributed by atoms with Gasteiger partial charge in [0, 0.05) is 24.3 Å². The number of anilines is 2. The second-order valence-corrected chi connectivity index (χ2v) is 6.64. The first-order chi connectivity index (χ1) is 13.8. The molecule has 0 saturated heterocycles. The van der Waals surface area contributed by atoms with Crippen molar-refractivity contribution in [3.63, 3.8) is 0 Å². The van der Waals surface area contributed by atoms with Gasteiger partial charge in [-0.05, 0) is 35.9 Å². The first kappa shape index (κ1) is 16.7. The van der Waals surface area contributed by atoms with E-state index in [1.54, 1.807) is 12.5 Å². The third kappa shape index (κ3) is 3.04. The van der Waals surface area contributed by atoms with Crippen LogP contribution < -0.4 is 16.0 Å². The molecule has 1 aliphatic rings. The highest BCUT2D eigenvalue weighted by Gasteiger charge is 2.21. The van der Waals surface area contributed by atoms with E-state index in [0.29, 0.717) is 13.1 Å². The van der Waals surface area contributed by atoms with Gasteiger partial charge >= 0.3 is 0 Å². The molecule has 0 saturated carbocycles. The van der Waals surface area contributed by atoms with Gasteiger partial charge in [-0.2, -0.15) is 0 Å². The second kappa shape index (κ2) is 6.91. The number of hydrazine groups is 2. The predicted octanol–water partition coefficient (Wildman–Crippen LogP) is 2.34. The number of aliphatic hydroxyl groups is 1. The molecular formula is C20H19N7O. The quantitative estimate of drug-likeness (QED) is 0.495. The molecule has 0 radical (unpaired) electrons. The van der Waals surface area contributed by atoms with E-state index in [4.69, 9.17) is 10.1 Å². The number of hydrogen-bond donors (Lipinski definition) is 3. The van der Waals surface area contributed by atoms with Crippen LogP contribution in [0.1, 0.15) is 5.56 Å². The lowest BCUT2D eigenvalue weighted by Crippen LogP contribution is -2.35. The van der Waals surface area contributed by atoms with E-state index >= 15 is 0 Å². The summed E-state index contributed by atoms with van der Waals surface area (Å²) >= 11 is 0. The molecule has 0 bridgehead atoms. The molecule has 8 nitrogen and oxygen atoms in total. The maximum atomic E-state index is 9.08. The van der Waals surface area contributed by atoms with Crippen molar-refractivity contribution in [2.75, 3.05) is 17.0 Å². The van der Waals surface area contributed by atoms with Crippen LogP contribution in [0.25, 0.3) is 22.3 Å². The summed E-state index contributed by atoms with van der Waals surface area (Å²) in [6.07, 6.45) is 5.40. The minimum Gasteiger partial charge on any atom is -0.395 e. The Kier molecular flexibility index (Phi) is 4.12. The number of aliphatic hydroxyl groups excluding tert-OH is 1. The van der Waals surface area contributed by atoms with Gasteiger partial charge in [-0.15, -0.1) is 5.53 Å². The summed E-state index contributed by atoms with van der Waals surface area (Å²) in [5.41, 5.74) is 10.9. The Morgan fingerprint density at radius 3 is 2.93 bits per heavy atom. The normalized spacial score (nSPS) is 13.0. The van der Waals surface area contributed by atoms with E-state index in [9.17, 15) is 0 Å². The highest BCUT2D eigenvalue weighted by Crippen LogP contribution is 2.31. The van der Waals surface area contributed by atoms with Gasteiger partial charge in [-0.3, -0.25) is 9.99 Å². The van der Waals surface area contributed by atoms with Crippen molar-refractivity contribution >= 4 is 22.4 Å². The van der Waals surface area contributed by atoms with Crippen molar-refractivity contribution in [1.82, 2.24) is 25.1 Å². The van der Waals surface area contributed by atoms with Crippen LogP contribution in [0.4, 0.5) is 11.5 Å². The maximum Gasteiger partial charge on any atom is 0.170 e. The highest BCUT2D eigenvalue weighted by molar-refractivity contribution is 5.79. The molecule has 4 heterocycles. The third-order valence-corrected chi connectivity index (χ3v) is 4.72. The van der Waals surface area contributed by atoms with Crippen LogP contribution in [-0.4, -0.2) is 31.2 Å². The predicted molar refractivity (Wildman–Crippen MR) is 107 cm³/mol. The largest absolute Gasteiger partial charge is 0.395 e. The van der Waals surface area contributed by atoms with Crippen molar-refractivity contribution in [2.45, 2.75) is 13.1 Å². The molecule has 3 aromatic heterocycles. The van der Waals surface area contributed by atoms with Crippen molar-refractivity contribution < 1.29 is 5.11 Å². The molecule has 5 rings (SSSR count). The zero-order valence-corrected chi connectivity index (χ0v) is 15.1. The topological polar surface area (TPSA) is 91.1 Å². The molecule has 0 atom stereocenters. The van der Waals surface area contributed by atoms with Crippen LogP contribution in [-0.2, 0) is 13.1 Å². The fourth-order valence-corrected chi connectivity index (χ4v) is 3.33. The van der Waals surface area contributed by atoms with E-state index < -0.39 is 0 Å². The summed E-state index contributed by atoms with van der Waals surface area (Å²) in [4.78, 5) is 13.6. The lowest BCUT2D eigenvalue weighted by atomic mass is 10.1. The van der Waals surface area contributed by atoms with E-state index in [2.05, 4.69) is 39.1 Å². The van der Waals surface area contributed by atoms with Gasteiger partial charge in [-0.25, -0.2) is 9.97 Å². The zero-order valence-electron chi connectivity index (χ0n) is 15.1. The van der Waals surface area contributed by atoms with Gasteiger partial charge in [0.25, 0.3) is 0 Å². The van der Waals surface area contributed by atoms with Crippen LogP contribution in [0.5, 0.6) is 0 Å². The maximum absolute atomic E-state index is 9.08. The number of rotatable bonds is 5. The average Bonchev–Trinajstić information content (AvgIpc) is 3.35. The Bertz CT molecular complexity index is 1140. The molecular weight excluding hydrogens is 354 g/mol. The Balaban J connectivity index is 1.42. The molecule has 0 amide bonds. The average molecular weight is 373 g/mol. The molecule has 0 fully saturated rings. The Labute approximate surface area is 161 Å². The van der Waals surface area contributed by atoms with Gasteiger partial charge in [0.1, 0.15) is 5.69 Å². The molecule has 1 aromatic carbocycles. The van der Waals surface area contributed by atoms with Crippen LogP contribution in [0.2, 0.25) is 0 Å². The highest BCUT2D eigenvalue weighted by atomic mass is 16.3. The first-order valence-electron chi connectivity index (χ1n) is 9.07. The fraction of sp³-hybridized carbons (Fsp3) is 0.150. The molecule has 0 spiro atoms. The monoisotopic (exact) mass is 373 g/mol. The summed E-state index contributed by atoms with van der Waals surface area (Å²) in [6, 6.07) is 14.2. The second-order valence-electron chi connectivity index (χ2n) is 6.64. The number of benzene rings is 1. The van der Waals surface area contributed by atoms with Gasteiger partial charge in [0.15, 0.2) is 5.82 Å². The zero-order chi connectivity index (χ0) is 18.9. The van der Waals surface area contributed by atoms with E-state index in [-0.39, 0.29) is 6.61 Å². The first-order valence-corrected chi connectivity index (χ1v) is 9.07. The SMILES string of the molecule is OCCn1cnc(-c2ccc3c(n2)N(Cc2ccc4ncccc4c2)NN3)c1. The summed E-state index contributed by atoms with van der Waals surface area (Å²) in [7, 11) is 0. The van der Waals surface area contributed by atoms with Crippen molar-refractivity contribution in [3.8, 4) is 11.4 Å². The van der Waals surface area contributed by atoms with E-state index in [1.165, 1.54) is 0 Å². The van der Waals surface area contributed by atoms with Crippen LogP contribution >= 0.6 is 0 Å². The van der Waals surface area contributed by atoms with Crippen molar-refractivity contribution in [2.24, 2.45) is 0 Å². The van der Waals surface area contributed by atoms with Crippen molar-refractivity contribution in [1.29, 1.82) is 0 Å². The lowest BCUT2D eigenvalue weighted by Gasteiger charge is -2.17. The summed E-state index contributed by atoms with van der Waals surface area (Å²) in [6.45, 7) is 1.25. The van der Waals surface area contributed by atoms with Gasteiger partial charge in [0.05, 0.1) is 36.4 Å². The summed E-state index contributed by atoms with van der Waals surface area (Å²) in [5, 5.41) is 12.2. The van der Waals surface area contributed by atoms with E-state index in [1.807, 2.05) is 40.0 Å². The number of hydrogen-bond acceptors (Lipinski definition) is 7. The van der Waals surface area contributed by atoms with Gasteiger partial charge in [-0.1, -0.05) is 12.1 Å². The molecule has 28 heavy (non-hydrogen) atoms. The number of fused-ring (bicyclic) bond motifs is 2. The number of pyridine rings is 2. The minimum absolute atomic E-state index is 0.0797. The number of imidazole rings is 1. The van der Waals surface area contributed by atoms with Gasteiger partial charge < -0.3 is 15.1 Å². The third-order valence-electron chi connectivity index (χ3n) is 4.72. The Hall–Kier alpha value is -3.49. The molecule has 3 N–H and O–H groups in total. The molecule has 1 aliphatic heterocycles. The fourth-order valence-electron chi connectivity index (χ4n) is 3.33.